The van der Waals surface area contributed by atoms with Gasteiger partial charge in [-0.05, 0) is 31.9 Å². The van der Waals surface area contributed by atoms with E-state index < -0.39 is 0 Å². The van der Waals surface area contributed by atoms with Crippen LogP contribution >= 0.6 is 0 Å². The molecule has 25 heavy (non-hydrogen) atoms. The molecule has 2 aromatic rings. The third-order valence-corrected chi connectivity index (χ3v) is 3.57. The van der Waals surface area contributed by atoms with Crippen LogP contribution in [0.5, 0.6) is 0 Å². The van der Waals surface area contributed by atoms with Gasteiger partial charge in [-0.15, -0.1) is 0 Å². The predicted molar refractivity (Wildman–Crippen MR) is 99.0 cm³/mol. The molecule has 0 unspecified atom stereocenters. The Labute approximate surface area is 149 Å². The molecule has 0 bridgehead atoms. The zero-order chi connectivity index (χ0) is 18.3. The zero-order valence-corrected chi connectivity index (χ0v) is 15.7. The van der Waals surface area contributed by atoms with Gasteiger partial charge < -0.3 is 15.4 Å². The Balaban J connectivity index is 1.85. The molecule has 0 aliphatic carbocycles. The van der Waals surface area contributed by atoms with Crippen molar-refractivity contribution < 1.29 is 4.74 Å². The summed E-state index contributed by atoms with van der Waals surface area (Å²) in [7, 11) is 3.62. The van der Waals surface area contributed by atoms with E-state index in [0.29, 0.717) is 19.7 Å². The fourth-order valence-corrected chi connectivity index (χ4v) is 2.18. The second-order valence-corrected chi connectivity index (χ2v) is 6.80. The fourth-order valence-electron chi connectivity index (χ4n) is 2.18. The first kappa shape index (κ1) is 18.9. The van der Waals surface area contributed by atoms with Crippen LogP contribution in [-0.4, -0.2) is 33.4 Å². The van der Waals surface area contributed by atoms with Crippen molar-refractivity contribution in [3.63, 3.8) is 0 Å². The van der Waals surface area contributed by atoms with Crippen molar-refractivity contribution in [1.82, 2.24) is 25.4 Å². The number of rotatable bonds is 6. The van der Waals surface area contributed by atoms with E-state index in [-0.39, 0.29) is 5.60 Å². The van der Waals surface area contributed by atoms with Crippen molar-refractivity contribution in [3.8, 4) is 0 Å². The summed E-state index contributed by atoms with van der Waals surface area (Å²) < 4.78 is 7.57. The van der Waals surface area contributed by atoms with E-state index in [1.807, 2.05) is 13.1 Å². The van der Waals surface area contributed by atoms with Crippen molar-refractivity contribution >= 4 is 5.96 Å². The Morgan fingerprint density at radius 1 is 1.20 bits per heavy atom. The van der Waals surface area contributed by atoms with Crippen molar-refractivity contribution in [3.05, 3.63) is 47.5 Å². The van der Waals surface area contributed by atoms with Crippen LogP contribution in [0.1, 0.15) is 37.7 Å². The lowest BCUT2D eigenvalue weighted by Gasteiger charge is -2.19. The van der Waals surface area contributed by atoms with Crippen LogP contribution in [0.4, 0.5) is 0 Å². The zero-order valence-electron chi connectivity index (χ0n) is 15.7. The normalized spacial score (nSPS) is 12.3. The minimum absolute atomic E-state index is 0.139. The Morgan fingerprint density at radius 3 is 2.56 bits per heavy atom. The molecule has 0 atom stereocenters. The van der Waals surface area contributed by atoms with Crippen molar-refractivity contribution in [2.75, 3.05) is 7.05 Å². The highest BCUT2D eigenvalue weighted by atomic mass is 16.5. The highest BCUT2D eigenvalue weighted by Crippen LogP contribution is 2.13. The summed E-state index contributed by atoms with van der Waals surface area (Å²) in [5, 5.41) is 10.6. The number of ether oxygens (including phenoxy) is 1. The first-order chi connectivity index (χ1) is 11.9. The van der Waals surface area contributed by atoms with Crippen LogP contribution < -0.4 is 10.6 Å². The summed E-state index contributed by atoms with van der Waals surface area (Å²) in [5.41, 5.74) is 2.20. The van der Waals surface area contributed by atoms with Gasteiger partial charge in [-0.3, -0.25) is 9.67 Å². The van der Waals surface area contributed by atoms with Crippen LogP contribution in [0.3, 0.4) is 0 Å². The molecular formula is C18H28N6O. The number of aliphatic imine (C=N–C) groups is 1. The van der Waals surface area contributed by atoms with E-state index in [0.717, 1.165) is 17.3 Å². The summed E-state index contributed by atoms with van der Waals surface area (Å²) in [6.07, 6.45) is 1.54. The predicted octanol–water partition coefficient (Wildman–Crippen LogP) is 2.00. The van der Waals surface area contributed by atoms with E-state index in [1.54, 1.807) is 18.1 Å². The van der Waals surface area contributed by atoms with Crippen LogP contribution in [0.2, 0.25) is 0 Å². The van der Waals surface area contributed by atoms with Crippen LogP contribution in [0.15, 0.2) is 35.6 Å². The maximum Gasteiger partial charge on any atom is 0.191 e. The SMILES string of the molecule is CN=C(NCc1cccc(COC(C)(C)C)c1)NCc1ncnn1C. The molecule has 1 heterocycles. The second kappa shape index (κ2) is 8.62. The summed E-state index contributed by atoms with van der Waals surface area (Å²) in [6.45, 7) is 8.04. The first-order valence-corrected chi connectivity index (χ1v) is 8.36. The monoisotopic (exact) mass is 344 g/mol. The van der Waals surface area contributed by atoms with Gasteiger partial charge in [-0.1, -0.05) is 24.3 Å². The Bertz CT molecular complexity index is 702. The van der Waals surface area contributed by atoms with Gasteiger partial charge in [0.25, 0.3) is 0 Å². The summed E-state index contributed by atoms with van der Waals surface area (Å²) in [5.74, 6) is 1.57. The van der Waals surface area contributed by atoms with Crippen LogP contribution in [-0.2, 0) is 31.5 Å². The average Bonchev–Trinajstić information content (AvgIpc) is 2.98. The van der Waals surface area contributed by atoms with Gasteiger partial charge in [-0.25, -0.2) is 4.98 Å². The third kappa shape index (κ3) is 6.54. The molecule has 0 amide bonds. The minimum atomic E-state index is -0.139. The molecule has 0 saturated heterocycles. The molecule has 7 nitrogen and oxygen atoms in total. The van der Waals surface area contributed by atoms with E-state index in [9.17, 15) is 0 Å². The molecule has 136 valence electrons. The molecule has 1 aromatic carbocycles. The number of hydrogen-bond donors (Lipinski definition) is 2. The third-order valence-electron chi connectivity index (χ3n) is 3.57. The summed E-state index contributed by atoms with van der Waals surface area (Å²) in [4.78, 5) is 8.42. The number of aryl methyl sites for hydroxylation is 1. The lowest BCUT2D eigenvalue weighted by molar-refractivity contribution is -0.0149. The second-order valence-electron chi connectivity index (χ2n) is 6.80. The van der Waals surface area contributed by atoms with Gasteiger partial charge in [0.1, 0.15) is 12.2 Å². The number of nitrogens with zero attached hydrogens (tertiary/aromatic N) is 4. The Kier molecular flexibility index (Phi) is 6.52. The summed E-state index contributed by atoms with van der Waals surface area (Å²) in [6, 6.07) is 8.36. The molecule has 7 heteroatoms. The highest BCUT2D eigenvalue weighted by molar-refractivity contribution is 5.79. The maximum absolute atomic E-state index is 5.84. The molecule has 1 aromatic heterocycles. The molecule has 0 saturated carbocycles. The van der Waals surface area contributed by atoms with E-state index in [4.69, 9.17) is 4.74 Å². The highest BCUT2D eigenvalue weighted by Gasteiger charge is 2.10. The topological polar surface area (TPSA) is 76.4 Å². The average molecular weight is 344 g/mol. The van der Waals surface area contributed by atoms with Crippen molar-refractivity contribution in [2.24, 2.45) is 12.0 Å². The Hall–Kier alpha value is -2.41. The molecule has 0 spiro atoms. The molecule has 0 aliphatic rings. The van der Waals surface area contributed by atoms with Crippen LogP contribution in [0.25, 0.3) is 0 Å². The van der Waals surface area contributed by atoms with Gasteiger partial charge in [0.15, 0.2) is 5.96 Å². The standard InChI is InChI=1S/C18H28N6O/c1-18(2,3)25-12-15-8-6-7-14(9-15)10-20-17(19-4)21-11-16-22-13-23-24(16)5/h6-9,13H,10-12H2,1-5H3,(H2,19,20,21). The van der Waals surface area contributed by atoms with Crippen LogP contribution in [0, 0.1) is 0 Å². The first-order valence-electron chi connectivity index (χ1n) is 8.36. The van der Waals surface area contributed by atoms with Gasteiger partial charge >= 0.3 is 0 Å². The molecule has 0 radical (unpaired) electrons. The van der Waals surface area contributed by atoms with Gasteiger partial charge in [0.05, 0.1) is 18.8 Å². The Morgan fingerprint density at radius 2 is 1.92 bits per heavy atom. The largest absolute Gasteiger partial charge is 0.371 e. The quantitative estimate of drug-likeness (QED) is 0.619. The van der Waals surface area contributed by atoms with E-state index in [2.05, 4.69) is 64.7 Å². The van der Waals surface area contributed by atoms with Gasteiger partial charge in [0.2, 0.25) is 0 Å². The van der Waals surface area contributed by atoms with E-state index >= 15 is 0 Å². The van der Waals surface area contributed by atoms with Gasteiger partial charge in [-0.2, -0.15) is 5.10 Å². The number of benzene rings is 1. The fraction of sp³-hybridized carbons (Fsp3) is 0.500. The molecule has 2 N–H and O–H groups in total. The number of aromatic nitrogens is 3. The lowest BCUT2D eigenvalue weighted by atomic mass is 10.1. The molecule has 0 fully saturated rings. The lowest BCUT2D eigenvalue weighted by Crippen LogP contribution is -2.37. The number of guanidine groups is 1. The number of hydrogen-bond acceptors (Lipinski definition) is 4. The van der Waals surface area contributed by atoms with Crippen molar-refractivity contribution in [2.45, 2.75) is 46.1 Å². The smallest absolute Gasteiger partial charge is 0.191 e. The van der Waals surface area contributed by atoms with Gasteiger partial charge in [0, 0.05) is 20.6 Å². The van der Waals surface area contributed by atoms with E-state index in [1.165, 1.54) is 5.56 Å². The van der Waals surface area contributed by atoms with Crippen molar-refractivity contribution in [1.29, 1.82) is 0 Å². The number of nitrogens with one attached hydrogen (secondary N) is 2. The summed E-state index contributed by atoms with van der Waals surface area (Å²) >= 11 is 0. The maximum atomic E-state index is 5.84. The molecular weight excluding hydrogens is 316 g/mol. The molecule has 0 aliphatic heterocycles. The molecule has 2 rings (SSSR count). The minimum Gasteiger partial charge on any atom is -0.371 e.